The van der Waals surface area contributed by atoms with Gasteiger partial charge in [-0.25, -0.2) is 9.59 Å². The number of amides is 1. The molecular weight excluding hydrogens is 290 g/mol. The van der Waals surface area contributed by atoms with Gasteiger partial charge in [-0.2, -0.15) is 11.8 Å². The molecular formula is C15H27NO4S. The molecule has 21 heavy (non-hydrogen) atoms. The van der Waals surface area contributed by atoms with E-state index in [9.17, 15) is 14.7 Å². The van der Waals surface area contributed by atoms with Gasteiger partial charge < -0.3 is 9.84 Å². The lowest BCUT2D eigenvalue weighted by Gasteiger charge is -2.46. The summed E-state index contributed by atoms with van der Waals surface area (Å²) in [7, 11) is 0. The van der Waals surface area contributed by atoms with E-state index in [0.29, 0.717) is 19.4 Å². The molecule has 1 rings (SSSR count). The highest BCUT2D eigenvalue weighted by Crippen LogP contribution is 2.39. The number of hydrogen-bond acceptors (Lipinski definition) is 4. The summed E-state index contributed by atoms with van der Waals surface area (Å²) in [5.74, 6) is 0.00584. The van der Waals surface area contributed by atoms with E-state index < -0.39 is 23.2 Å². The van der Waals surface area contributed by atoms with Gasteiger partial charge in [-0.3, -0.25) is 4.90 Å². The zero-order chi connectivity index (χ0) is 16.3. The van der Waals surface area contributed by atoms with Gasteiger partial charge in [-0.15, -0.1) is 0 Å². The van der Waals surface area contributed by atoms with E-state index >= 15 is 0 Å². The molecule has 1 saturated heterocycles. The Balaban J connectivity index is 3.14. The monoisotopic (exact) mass is 317 g/mol. The minimum atomic E-state index is -1.17. The second-order valence-corrected chi connectivity index (χ2v) is 7.93. The third kappa shape index (κ3) is 4.05. The van der Waals surface area contributed by atoms with Crippen molar-refractivity contribution in [3.05, 3.63) is 0 Å². The molecule has 1 N–H and O–H groups in total. The van der Waals surface area contributed by atoms with Gasteiger partial charge in [0.25, 0.3) is 0 Å². The first-order chi connectivity index (χ1) is 9.65. The van der Waals surface area contributed by atoms with Crippen molar-refractivity contribution >= 4 is 23.8 Å². The van der Waals surface area contributed by atoms with Crippen LogP contribution in [0.1, 0.15) is 53.9 Å². The van der Waals surface area contributed by atoms with Crippen LogP contribution in [0.15, 0.2) is 0 Å². The summed E-state index contributed by atoms with van der Waals surface area (Å²) in [5.41, 5.74) is -1.80. The molecule has 6 heteroatoms. The average molecular weight is 317 g/mol. The molecule has 2 atom stereocenters. The Morgan fingerprint density at radius 1 is 1.43 bits per heavy atom. The van der Waals surface area contributed by atoms with E-state index in [4.69, 9.17) is 4.74 Å². The van der Waals surface area contributed by atoms with Crippen molar-refractivity contribution in [2.24, 2.45) is 0 Å². The first kappa shape index (κ1) is 18.1. The summed E-state index contributed by atoms with van der Waals surface area (Å²) in [5, 5.41) is 9.69. The van der Waals surface area contributed by atoms with Gasteiger partial charge in [0.15, 0.2) is 5.54 Å². The molecule has 1 aliphatic rings. The van der Waals surface area contributed by atoms with Crippen LogP contribution >= 0.6 is 11.8 Å². The van der Waals surface area contributed by atoms with Crippen LogP contribution in [-0.4, -0.2) is 50.8 Å². The minimum absolute atomic E-state index is 0.150. The molecule has 122 valence electrons. The van der Waals surface area contributed by atoms with Crippen molar-refractivity contribution in [1.82, 2.24) is 4.90 Å². The maximum atomic E-state index is 12.5. The Morgan fingerprint density at radius 3 is 2.48 bits per heavy atom. The van der Waals surface area contributed by atoms with Crippen LogP contribution < -0.4 is 0 Å². The fourth-order valence-corrected chi connectivity index (χ4v) is 3.97. The summed E-state index contributed by atoms with van der Waals surface area (Å²) >= 11 is 1.61. The number of ether oxygens (including phenoxy) is 1. The predicted molar refractivity (Wildman–Crippen MR) is 84.8 cm³/mol. The van der Waals surface area contributed by atoms with Gasteiger partial charge in [0, 0.05) is 11.8 Å². The van der Waals surface area contributed by atoms with Gasteiger partial charge in [0.05, 0.1) is 0 Å². The van der Waals surface area contributed by atoms with Crippen LogP contribution in [0.4, 0.5) is 4.79 Å². The number of nitrogens with zero attached hydrogens (tertiary/aromatic N) is 1. The Hall–Kier alpha value is -0.910. The number of aliphatic carboxylic acids is 1. The fourth-order valence-electron chi connectivity index (χ4n) is 2.69. The van der Waals surface area contributed by atoms with Crippen LogP contribution in [0.5, 0.6) is 0 Å². The van der Waals surface area contributed by atoms with Crippen molar-refractivity contribution < 1.29 is 19.4 Å². The number of carboxylic acid groups (broad SMARTS) is 1. The van der Waals surface area contributed by atoms with Gasteiger partial charge in [-0.1, -0.05) is 13.8 Å². The third-order valence-electron chi connectivity index (χ3n) is 3.66. The minimum Gasteiger partial charge on any atom is -0.479 e. The second kappa shape index (κ2) is 6.90. The van der Waals surface area contributed by atoms with E-state index in [1.165, 1.54) is 4.90 Å². The molecule has 0 bridgehead atoms. The van der Waals surface area contributed by atoms with Gasteiger partial charge >= 0.3 is 12.1 Å². The lowest BCUT2D eigenvalue weighted by Crippen LogP contribution is -2.64. The molecule has 0 spiro atoms. The van der Waals surface area contributed by atoms with Crippen molar-refractivity contribution in [3.63, 3.8) is 0 Å². The smallest absolute Gasteiger partial charge is 0.411 e. The molecule has 2 unspecified atom stereocenters. The third-order valence-corrected chi connectivity index (χ3v) is 5.07. The van der Waals surface area contributed by atoms with E-state index in [1.807, 2.05) is 13.8 Å². The lowest BCUT2D eigenvalue weighted by molar-refractivity contribution is -0.152. The summed E-state index contributed by atoms with van der Waals surface area (Å²) in [6.07, 6.45) is 1.45. The normalized spacial score (nSPS) is 26.2. The Labute approximate surface area is 131 Å². The van der Waals surface area contributed by atoms with E-state index in [1.54, 1.807) is 32.5 Å². The SMILES string of the molecule is CCCN(C(=O)OC(C)(C)C)C1(C(=O)O)CCCSC1C. The van der Waals surface area contributed by atoms with Crippen LogP contribution in [0.25, 0.3) is 0 Å². The quantitative estimate of drug-likeness (QED) is 0.861. The standard InChI is InChI=1S/C15H27NO4S/c1-6-9-16(13(19)20-14(3,4)5)15(12(17)18)8-7-10-21-11(15)2/h11H,6-10H2,1-5H3,(H,17,18). The number of carbonyl (C=O) groups is 2. The van der Waals surface area contributed by atoms with Crippen LogP contribution in [0, 0.1) is 0 Å². The number of carbonyl (C=O) groups excluding carboxylic acids is 1. The summed E-state index contributed by atoms with van der Waals surface area (Å²) in [4.78, 5) is 26.0. The van der Waals surface area contributed by atoms with E-state index in [2.05, 4.69) is 0 Å². The van der Waals surface area contributed by atoms with Crippen molar-refractivity contribution in [2.45, 2.75) is 70.3 Å². The van der Waals surface area contributed by atoms with E-state index in [-0.39, 0.29) is 5.25 Å². The van der Waals surface area contributed by atoms with Crippen molar-refractivity contribution in [1.29, 1.82) is 0 Å². The van der Waals surface area contributed by atoms with Gasteiger partial charge in [0.1, 0.15) is 5.60 Å². The molecule has 0 saturated carbocycles. The molecule has 0 aliphatic carbocycles. The first-order valence-electron chi connectivity index (χ1n) is 7.50. The molecule has 1 aliphatic heterocycles. The lowest BCUT2D eigenvalue weighted by atomic mass is 9.87. The summed E-state index contributed by atoms with van der Waals surface area (Å²) < 4.78 is 5.44. The molecule has 5 nitrogen and oxygen atoms in total. The summed E-state index contributed by atoms with van der Waals surface area (Å²) in [6.45, 7) is 9.61. The fraction of sp³-hybridized carbons (Fsp3) is 0.867. The average Bonchev–Trinajstić information content (AvgIpc) is 2.34. The molecule has 0 aromatic carbocycles. The summed E-state index contributed by atoms with van der Waals surface area (Å²) in [6, 6.07) is 0. The van der Waals surface area contributed by atoms with Crippen LogP contribution in [0.2, 0.25) is 0 Å². The van der Waals surface area contributed by atoms with Crippen molar-refractivity contribution in [2.75, 3.05) is 12.3 Å². The van der Waals surface area contributed by atoms with Crippen molar-refractivity contribution in [3.8, 4) is 0 Å². The molecule has 0 aromatic heterocycles. The highest BCUT2D eigenvalue weighted by Gasteiger charge is 2.53. The number of carboxylic acids is 1. The molecule has 1 heterocycles. The largest absolute Gasteiger partial charge is 0.479 e. The number of thioether (sulfide) groups is 1. The molecule has 1 amide bonds. The Morgan fingerprint density at radius 2 is 2.05 bits per heavy atom. The van der Waals surface area contributed by atoms with Gasteiger partial charge in [0.2, 0.25) is 0 Å². The predicted octanol–water partition coefficient (Wildman–Crippen LogP) is 3.37. The second-order valence-electron chi connectivity index (χ2n) is 6.48. The zero-order valence-corrected chi connectivity index (χ0v) is 14.5. The van der Waals surface area contributed by atoms with E-state index in [0.717, 1.165) is 12.2 Å². The topological polar surface area (TPSA) is 66.8 Å². The maximum Gasteiger partial charge on any atom is 0.411 e. The Bertz CT molecular complexity index is 394. The zero-order valence-electron chi connectivity index (χ0n) is 13.6. The van der Waals surface area contributed by atoms with Gasteiger partial charge in [-0.05, 0) is 45.8 Å². The highest BCUT2D eigenvalue weighted by molar-refractivity contribution is 8.00. The maximum absolute atomic E-state index is 12.5. The first-order valence-corrected chi connectivity index (χ1v) is 8.55. The number of hydrogen-bond donors (Lipinski definition) is 1. The molecule has 1 fully saturated rings. The Kier molecular flexibility index (Phi) is 5.96. The molecule has 0 aromatic rings. The van der Waals surface area contributed by atoms with Crippen LogP contribution in [0.3, 0.4) is 0 Å². The highest BCUT2D eigenvalue weighted by atomic mass is 32.2. The number of rotatable bonds is 4. The van der Waals surface area contributed by atoms with Crippen LogP contribution in [-0.2, 0) is 9.53 Å². The molecule has 0 radical (unpaired) electrons.